The van der Waals surface area contributed by atoms with E-state index >= 15 is 0 Å². The minimum absolute atomic E-state index is 0.0935. The SMILES string of the molecule is CCNCC1(CN(C)C(C)c2ccccc2F)CCCC1. The van der Waals surface area contributed by atoms with Crippen molar-refractivity contribution in [1.29, 1.82) is 0 Å². The Kier molecular flexibility index (Phi) is 5.77. The standard InChI is InChI=1S/C18H29FN2/c1-4-20-13-18(11-7-8-12-18)14-21(3)15(2)16-9-5-6-10-17(16)19/h5-6,9-10,15,20H,4,7-8,11-14H2,1-3H3. The molecular formula is C18H29FN2. The van der Waals surface area contributed by atoms with E-state index in [9.17, 15) is 4.39 Å². The Morgan fingerprint density at radius 2 is 1.95 bits per heavy atom. The molecule has 0 saturated heterocycles. The summed E-state index contributed by atoms with van der Waals surface area (Å²) in [5, 5.41) is 3.53. The molecule has 0 radical (unpaired) electrons. The molecule has 1 atom stereocenters. The van der Waals surface area contributed by atoms with Crippen molar-refractivity contribution in [2.24, 2.45) is 5.41 Å². The first-order chi connectivity index (χ1) is 10.1. The van der Waals surface area contributed by atoms with Crippen LogP contribution >= 0.6 is 0 Å². The molecule has 1 aromatic carbocycles. The fraction of sp³-hybridized carbons (Fsp3) is 0.667. The largest absolute Gasteiger partial charge is 0.316 e. The van der Waals surface area contributed by atoms with Crippen molar-refractivity contribution in [2.75, 3.05) is 26.7 Å². The van der Waals surface area contributed by atoms with Gasteiger partial charge in [-0.05, 0) is 44.8 Å². The molecule has 0 spiro atoms. The van der Waals surface area contributed by atoms with Crippen LogP contribution in [0, 0.1) is 11.2 Å². The highest BCUT2D eigenvalue weighted by molar-refractivity contribution is 5.20. The van der Waals surface area contributed by atoms with Crippen molar-refractivity contribution in [3.8, 4) is 0 Å². The van der Waals surface area contributed by atoms with Gasteiger partial charge in [0.15, 0.2) is 0 Å². The smallest absolute Gasteiger partial charge is 0.127 e. The Labute approximate surface area is 128 Å². The Morgan fingerprint density at radius 1 is 1.29 bits per heavy atom. The predicted molar refractivity (Wildman–Crippen MR) is 86.9 cm³/mol. The highest BCUT2D eigenvalue weighted by atomic mass is 19.1. The van der Waals surface area contributed by atoms with Crippen LogP contribution in [0.4, 0.5) is 4.39 Å². The Balaban J connectivity index is 2.05. The third-order valence-electron chi connectivity index (χ3n) is 5.02. The highest BCUT2D eigenvalue weighted by Crippen LogP contribution is 2.39. The van der Waals surface area contributed by atoms with Gasteiger partial charge < -0.3 is 5.32 Å². The molecule has 2 nitrogen and oxygen atoms in total. The van der Waals surface area contributed by atoms with E-state index in [1.54, 1.807) is 12.1 Å². The van der Waals surface area contributed by atoms with Gasteiger partial charge in [-0.2, -0.15) is 0 Å². The molecule has 0 aliphatic heterocycles. The lowest BCUT2D eigenvalue weighted by Gasteiger charge is -2.37. The van der Waals surface area contributed by atoms with Crippen molar-refractivity contribution in [2.45, 2.75) is 45.6 Å². The molecule has 3 heteroatoms. The predicted octanol–water partition coefficient (Wildman–Crippen LogP) is 3.99. The van der Waals surface area contributed by atoms with Crippen LogP contribution in [0.5, 0.6) is 0 Å². The van der Waals surface area contributed by atoms with Crippen LogP contribution in [0.2, 0.25) is 0 Å². The number of benzene rings is 1. The second kappa shape index (κ2) is 7.37. The zero-order valence-corrected chi connectivity index (χ0v) is 13.7. The lowest BCUT2D eigenvalue weighted by molar-refractivity contribution is 0.140. The van der Waals surface area contributed by atoms with Gasteiger partial charge in [0.25, 0.3) is 0 Å². The molecule has 0 heterocycles. The maximum Gasteiger partial charge on any atom is 0.127 e. The summed E-state index contributed by atoms with van der Waals surface area (Å²) in [6.07, 6.45) is 5.23. The molecular weight excluding hydrogens is 263 g/mol. The molecule has 1 aliphatic rings. The third-order valence-corrected chi connectivity index (χ3v) is 5.02. The molecule has 118 valence electrons. The molecule has 1 saturated carbocycles. The van der Waals surface area contributed by atoms with Gasteiger partial charge in [0.2, 0.25) is 0 Å². The average Bonchev–Trinajstić information content (AvgIpc) is 2.93. The highest BCUT2D eigenvalue weighted by Gasteiger charge is 2.35. The van der Waals surface area contributed by atoms with Crippen LogP contribution in [0.15, 0.2) is 24.3 Å². The first kappa shape index (κ1) is 16.4. The monoisotopic (exact) mass is 292 g/mol. The van der Waals surface area contributed by atoms with E-state index in [1.165, 1.54) is 25.7 Å². The molecule has 0 amide bonds. The number of nitrogens with one attached hydrogen (secondary N) is 1. The van der Waals surface area contributed by atoms with E-state index in [4.69, 9.17) is 0 Å². The van der Waals surface area contributed by atoms with Gasteiger partial charge >= 0.3 is 0 Å². The zero-order valence-electron chi connectivity index (χ0n) is 13.7. The van der Waals surface area contributed by atoms with Crippen molar-refractivity contribution >= 4 is 0 Å². The lowest BCUT2D eigenvalue weighted by Crippen LogP contribution is -2.42. The molecule has 1 fully saturated rings. The average molecular weight is 292 g/mol. The van der Waals surface area contributed by atoms with Crippen LogP contribution in [-0.4, -0.2) is 31.6 Å². The Morgan fingerprint density at radius 3 is 2.57 bits per heavy atom. The molecule has 1 aromatic rings. The van der Waals surface area contributed by atoms with Crippen molar-refractivity contribution in [3.05, 3.63) is 35.6 Å². The number of halogens is 1. The fourth-order valence-corrected chi connectivity index (χ4v) is 3.62. The summed E-state index contributed by atoms with van der Waals surface area (Å²) < 4.78 is 14.0. The summed E-state index contributed by atoms with van der Waals surface area (Å²) in [6, 6.07) is 7.26. The number of rotatable bonds is 7. The number of hydrogen-bond donors (Lipinski definition) is 1. The van der Waals surface area contributed by atoms with Gasteiger partial charge in [0.05, 0.1) is 0 Å². The summed E-state index contributed by atoms with van der Waals surface area (Å²) >= 11 is 0. The Hall–Kier alpha value is -0.930. The fourth-order valence-electron chi connectivity index (χ4n) is 3.62. The van der Waals surface area contributed by atoms with E-state index in [2.05, 4.69) is 31.1 Å². The molecule has 1 aliphatic carbocycles. The summed E-state index contributed by atoms with van der Waals surface area (Å²) in [6.45, 7) is 7.41. The molecule has 1 N–H and O–H groups in total. The molecule has 0 bridgehead atoms. The minimum atomic E-state index is -0.0935. The Bertz CT molecular complexity index is 441. The zero-order chi connectivity index (χ0) is 15.3. The van der Waals surface area contributed by atoms with Crippen LogP contribution in [-0.2, 0) is 0 Å². The quantitative estimate of drug-likeness (QED) is 0.817. The first-order valence-electron chi connectivity index (χ1n) is 8.23. The van der Waals surface area contributed by atoms with Gasteiger partial charge in [-0.1, -0.05) is 38.0 Å². The maximum absolute atomic E-state index is 14.0. The maximum atomic E-state index is 14.0. The van der Waals surface area contributed by atoms with Crippen molar-refractivity contribution < 1.29 is 4.39 Å². The summed E-state index contributed by atoms with van der Waals surface area (Å²) in [5.74, 6) is -0.0935. The van der Waals surface area contributed by atoms with Gasteiger partial charge in [-0.25, -0.2) is 4.39 Å². The normalized spacial score (nSPS) is 19.1. The topological polar surface area (TPSA) is 15.3 Å². The second-order valence-electron chi connectivity index (χ2n) is 6.60. The van der Waals surface area contributed by atoms with E-state index in [1.807, 2.05) is 12.1 Å². The summed E-state index contributed by atoms with van der Waals surface area (Å²) in [4.78, 5) is 2.32. The lowest BCUT2D eigenvalue weighted by atomic mass is 9.85. The van der Waals surface area contributed by atoms with Crippen LogP contribution in [0.1, 0.15) is 51.1 Å². The summed E-state index contributed by atoms with van der Waals surface area (Å²) in [7, 11) is 2.13. The van der Waals surface area contributed by atoms with Crippen molar-refractivity contribution in [1.82, 2.24) is 10.2 Å². The minimum Gasteiger partial charge on any atom is -0.316 e. The van der Waals surface area contributed by atoms with Gasteiger partial charge in [-0.3, -0.25) is 4.90 Å². The van der Waals surface area contributed by atoms with E-state index in [0.29, 0.717) is 5.41 Å². The molecule has 2 rings (SSSR count). The van der Waals surface area contributed by atoms with Gasteiger partial charge in [0.1, 0.15) is 5.82 Å². The van der Waals surface area contributed by atoms with Gasteiger partial charge in [-0.15, -0.1) is 0 Å². The number of nitrogens with zero attached hydrogens (tertiary/aromatic N) is 1. The molecule has 21 heavy (non-hydrogen) atoms. The van der Waals surface area contributed by atoms with E-state index < -0.39 is 0 Å². The molecule has 0 aromatic heterocycles. The molecule has 1 unspecified atom stereocenters. The van der Waals surface area contributed by atoms with Crippen molar-refractivity contribution in [3.63, 3.8) is 0 Å². The van der Waals surface area contributed by atoms with Gasteiger partial charge in [0, 0.05) is 24.7 Å². The van der Waals surface area contributed by atoms with Crippen LogP contribution < -0.4 is 5.32 Å². The summed E-state index contributed by atoms with van der Waals surface area (Å²) in [5.41, 5.74) is 1.17. The number of hydrogen-bond acceptors (Lipinski definition) is 2. The van der Waals surface area contributed by atoms with E-state index in [0.717, 1.165) is 25.2 Å². The first-order valence-corrected chi connectivity index (χ1v) is 8.23. The second-order valence-corrected chi connectivity index (χ2v) is 6.60. The van der Waals surface area contributed by atoms with E-state index in [-0.39, 0.29) is 11.9 Å². The van der Waals surface area contributed by atoms with Crippen LogP contribution in [0.25, 0.3) is 0 Å². The third kappa shape index (κ3) is 4.04. The van der Waals surface area contributed by atoms with Crippen LogP contribution in [0.3, 0.4) is 0 Å².